The minimum atomic E-state index is -0.613. The molecule has 0 saturated carbocycles. The molecule has 0 saturated heterocycles. The van der Waals surface area contributed by atoms with Gasteiger partial charge in [-0.1, -0.05) is 15.9 Å². The first kappa shape index (κ1) is 13.1. The highest BCUT2D eigenvalue weighted by Gasteiger charge is 2.10. The molecular weight excluding hydrogens is 299 g/mol. The van der Waals surface area contributed by atoms with Gasteiger partial charge in [-0.3, -0.25) is 0 Å². The lowest BCUT2D eigenvalue weighted by Gasteiger charge is -2.09. The number of hydrogen-bond donors (Lipinski definition) is 1. The van der Waals surface area contributed by atoms with E-state index >= 15 is 0 Å². The van der Waals surface area contributed by atoms with Gasteiger partial charge in [-0.15, -0.1) is 0 Å². The molecule has 0 aliphatic heterocycles. The smallest absolute Gasteiger partial charge is 0.159 e. The van der Waals surface area contributed by atoms with Crippen molar-refractivity contribution in [1.82, 2.24) is 9.97 Å². The number of rotatable bonds is 2. The van der Waals surface area contributed by atoms with Crippen LogP contribution in [0.3, 0.4) is 0 Å². The molecular formula is C13H12BrFN2O. The fraction of sp³-hybridized carbons (Fsp3) is 0.231. The van der Waals surface area contributed by atoms with Crippen molar-refractivity contribution >= 4 is 15.9 Å². The first-order valence-electron chi connectivity index (χ1n) is 5.45. The molecule has 0 unspecified atom stereocenters. The summed E-state index contributed by atoms with van der Waals surface area (Å²) in [6.07, 6.45) is 0.958. The van der Waals surface area contributed by atoms with Gasteiger partial charge in [0.15, 0.2) is 5.82 Å². The third-order valence-electron chi connectivity index (χ3n) is 2.59. The lowest BCUT2D eigenvalue weighted by atomic mass is 10.1. The Kier molecular flexibility index (Phi) is 3.73. The van der Waals surface area contributed by atoms with E-state index in [0.29, 0.717) is 27.1 Å². The summed E-state index contributed by atoms with van der Waals surface area (Å²) in [6.45, 7) is 3.45. The van der Waals surface area contributed by atoms with E-state index in [1.807, 2.05) is 0 Å². The van der Waals surface area contributed by atoms with Gasteiger partial charge >= 0.3 is 0 Å². The number of aliphatic hydroxyl groups is 1. The van der Waals surface area contributed by atoms with Crippen molar-refractivity contribution in [2.24, 2.45) is 0 Å². The minimum Gasteiger partial charge on any atom is -0.389 e. The highest BCUT2D eigenvalue weighted by Crippen LogP contribution is 2.23. The van der Waals surface area contributed by atoms with Crippen LogP contribution < -0.4 is 0 Å². The van der Waals surface area contributed by atoms with Gasteiger partial charge in [-0.2, -0.15) is 0 Å². The summed E-state index contributed by atoms with van der Waals surface area (Å²) < 4.78 is 13.9. The van der Waals surface area contributed by atoms with Gasteiger partial charge in [-0.05, 0) is 32.0 Å². The number of benzene rings is 1. The van der Waals surface area contributed by atoms with Gasteiger partial charge in [0, 0.05) is 27.5 Å². The van der Waals surface area contributed by atoms with E-state index in [2.05, 4.69) is 25.9 Å². The van der Waals surface area contributed by atoms with Crippen LogP contribution in [0.15, 0.2) is 28.9 Å². The monoisotopic (exact) mass is 310 g/mol. The molecule has 5 heteroatoms. The van der Waals surface area contributed by atoms with Crippen molar-refractivity contribution in [2.45, 2.75) is 20.0 Å². The largest absolute Gasteiger partial charge is 0.389 e. The zero-order valence-corrected chi connectivity index (χ0v) is 11.6. The average molecular weight is 311 g/mol. The zero-order chi connectivity index (χ0) is 13.3. The van der Waals surface area contributed by atoms with Crippen LogP contribution in [0.2, 0.25) is 0 Å². The molecule has 1 N–H and O–H groups in total. The molecule has 18 heavy (non-hydrogen) atoms. The average Bonchev–Trinajstić information content (AvgIpc) is 2.26. The molecule has 1 aromatic heterocycles. The zero-order valence-electron chi connectivity index (χ0n) is 9.98. The molecule has 0 fully saturated rings. The maximum Gasteiger partial charge on any atom is 0.159 e. The Morgan fingerprint density at radius 1 is 1.33 bits per heavy atom. The lowest BCUT2D eigenvalue weighted by Crippen LogP contribution is -2.01. The molecule has 1 heterocycles. The molecule has 0 radical (unpaired) electrons. The predicted octanol–water partition coefficient (Wildman–Crippen LogP) is 3.41. The molecule has 0 aliphatic carbocycles. The normalized spacial score (nSPS) is 12.5. The molecule has 2 rings (SSSR count). The number of aromatic nitrogens is 2. The van der Waals surface area contributed by atoms with Crippen LogP contribution in [0.1, 0.15) is 24.3 Å². The molecule has 0 aliphatic rings. The third-order valence-corrected chi connectivity index (χ3v) is 3.05. The lowest BCUT2D eigenvalue weighted by molar-refractivity contribution is 0.197. The molecule has 2 aromatic rings. The molecule has 1 aromatic carbocycles. The van der Waals surface area contributed by atoms with Crippen LogP contribution in [0.5, 0.6) is 0 Å². The molecule has 0 spiro atoms. The maximum atomic E-state index is 13.3. The Morgan fingerprint density at radius 3 is 2.61 bits per heavy atom. The van der Waals surface area contributed by atoms with Crippen molar-refractivity contribution in [3.05, 3.63) is 45.9 Å². The van der Waals surface area contributed by atoms with Gasteiger partial charge < -0.3 is 5.11 Å². The van der Waals surface area contributed by atoms with Gasteiger partial charge in [-0.25, -0.2) is 14.4 Å². The van der Waals surface area contributed by atoms with Gasteiger partial charge in [0.25, 0.3) is 0 Å². The second kappa shape index (κ2) is 5.12. The summed E-state index contributed by atoms with van der Waals surface area (Å²) in [5, 5.41) is 9.51. The summed E-state index contributed by atoms with van der Waals surface area (Å²) in [6, 6.07) is 4.50. The maximum absolute atomic E-state index is 13.3. The molecule has 0 amide bonds. The highest BCUT2D eigenvalue weighted by molar-refractivity contribution is 9.10. The Hall–Kier alpha value is -1.33. The SMILES string of the molecule is Cc1nc(-c2cc(F)cc(Br)c2)ncc1[C@@H](C)O. The van der Waals surface area contributed by atoms with Crippen molar-refractivity contribution in [3.8, 4) is 11.4 Å². The summed E-state index contributed by atoms with van der Waals surface area (Å²) in [7, 11) is 0. The summed E-state index contributed by atoms with van der Waals surface area (Å²) in [4.78, 5) is 8.44. The standard InChI is InChI=1S/C13H12BrFN2O/c1-7-12(8(2)18)6-16-13(17-7)9-3-10(14)5-11(15)4-9/h3-6,8,18H,1-2H3/t8-/m1/s1. The fourth-order valence-electron chi connectivity index (χ4n) is 1.71. The molecule has 3 nitrogen and oxygen atoms in total. The van der Waals surface area contributed by atoms with Crippen LogP contribution in [0.25, 0.3) is 11.4 Å². The predicted molar refractivity (Wildman–Crippen MR) is 70.5 cm³/mol. The summed E-state index contributed by atoms with van der Waals surface area (Å²) in [5.41, 5.74) is 1.96. The van der Waals surface area contributed by atoms with Crippen LogP contribution in [-0.4, -0.2) is 15.1 Å². The van der Waals surface area contributed by atoms with E-state index in [-0.39, 0.29) is 5.82 Å². The summed E-state index contributed by atoms with van der Waals surface area (Å²) in [5.74, 6) is 0.0948. The van der Waals surface area contributed by atoms with Crippen LogP contribution in [-0.2, 0) is 0 Å². The highest BCUT2D eigenvalue weighted by atomic mass is 79.9. The van der Waals surface area contributed by atoms with Crippen LogP contribution in [0.4, 0.5) is 4.39 Å². The van der Waals surface area contributed by atoms with E-state index in [0.717, 1.165) is 0 Å². The third kappa shape index (κ3) is 2.73. The number of aryl methyl sites for hydroxylation is 1. The minimum absolute atomic E-state index is 0.347. The van der Waals surface area contributed by atoms with Gasteiger partial charge in [0.05, 0.1) is 6.10 Å². The van der Waals surface area contributed by atoms with Gasteiger partial charge in [0.1, 0.15) is 5.82 Å². The van der Waals surface area contributed by atoms with E-state index in [1.54, 1.807) is 26.1 Å². The first-order chi connectivity index (χ1) is 8.47. The van der Waals surface area contributed by atoms with E-state index < -0.39 is 6.10 Å². The van der Waals surface area contributed by atoms with Crippen molar-refractivity contribution in [1.29, 1.82) is 0 Å². The number of nitrogens with zero attached hydrogens (tertiary/aromatic N) is 2. The van der Waals surface area contributed by atoms with Crippen LogP contribution in [0, 0.1) is 12.7 Å². The van der Waals surface area contributed by atoms with Crippen LogP contribution >= 0.6 is 15.9 Å². The number of hydrogen-bond acceptors (Lipinski definition) is 3. The molecule has 0 bridgehead atoms. The Bertz CT molecular complexity index is 567. The van der Waals surface area contributed by atoms with Crippen molar-refractivity contribution in [2.75, 3.05) is 0 Å². The number of halogens is 2. The number of aliphatic hydroxyl groups excluding tert-OH is 1. The van der Waals surface area contributed by atoms with Gasteiger partial charge in [0.2, 0.25) is 0 Å². The van der Waals surface area contributed by atoms with E-state index in [9.17, 15) is 9.50 Å². The fourth-order valence-corrected chi connectivity index (χ4v) is 2.17. The first-order valence-corrected chi connectivity index (χ1v) is 6.24. The quantitative estimate of drug-likeness (QED) is 0.924. The van der Waals surface area contributed by atoms with Crippen molar-refractivity contribution < 1.29 is 9.50 Å². The Morgan fingerprint density at radius 2 is 2.06 bits per heavy atom. The van der Waals surface area contributed by atoms with E-state index in [4.69, 9.17) is 0 Å². The summed E-state index contributed by atoms with van der Waals surface area (Å²) >= 11 is 3.23. The Balaban J connectivity index is 2.48. The molecule has 1 atom stereocenters. The van der Waals surface area contributed by atoms with E-state index in [1.165, 1.54) is 12.1 Å². The molecule has 94 valence electrons. The second-order valence-electron chi connectivity index (χ2n) is 4.07. The topological polar surface area (TPSA) is 46.0 Å². The second-order valence-corrected chi connectivity index (χ2v) is 4.98. The Labute approximate surface area is 113 Å². The van der Waals surface area contributed by atoms with Crippen molar-refractivity contribution in [3.63, 3.8) is 0 Å².